The monoisotopic (exact) mass is 257 g/mol. The van der Waals surface area contributed by atoms with Crippen LogP contribution in [0.5, 0.6) is 0 Å². The third kappa shape index (κ3) is 2.26. The third-order valence-corrected chi connectivity index (χ3v) is 4.57. The van der Waals surface area contributed by atoms with Gasteiger partial charge in [-0.05, 0) is 30.0 Å². The number of aryl methyl sites for hydroxylation is 1. The lowest BCUT2D eigenvalue weighted by molar-refractivity contribution is 0.585. The maximum atomic E-state index is 6.36. The summed E-state index contributed by atoms with van der Waals surface area (Å²) in [5, 5.41) is 1.18. The zero-order chi connectivity index (χ0) is 12.4. The molecule has 1 aliphatic carbocycles. The van der Waals surface area contributed by atoms with Gasteiger partial charge in [0.05, 0.1) is 0 Å². The first-order valence-corrected chi connectivity index (χ1v) is 6.99. The average molecular weight is 257 g/mol. The van der Waals surface area contributed by atoms with Crippen LogP contribution in [-0.4, -0.2) is 15.2 Å². The highest BCUT2D eigenvalue weighted by Crippen LogP contribution is 2.37. The standard InChI is InChI=1S/C14H15N3S/c15-13-11-5-2-1-4-10(11)6-7-12(13)18-14-16-8-3-9-17-14/h1-5,8-9,12-13H,6-7,15H2. The van der Waals surface area contributed by atoms with Gasteiger partial charge in [-0.2, -0.15) is 0 Å². The number of aromatic nitrogens is 2. The average Bonchev–Trinajstić information content (AvgIpc) is 2.43. The zero-order valence-electron chi connectivity index (χ0n) is 9.99. The van der Waals surface area contributed by atoms with E-state index >= 15 is 0 Å². The van der Waals surface area contributed by atoms with Crippen LogP contribution in [0.25, 0.3) is 0 Å². The predicted molar refractivity (Wildman–Crippen MR) is 73.4 cm³/mol. The van der Waals surface area contributed by atoms with Crippen molar-refractivity contribution in [3.05, 3.63) is 53.9 Å². The molecule has 2 N–H and O–H groups in total. The van der Waals surface area contributed by atoms with Crippen molar-refractivity contribution in [2.75, 3.05) is 0 Å². The van der Waals surface area contributed by atoms with E-state index in [1.165, 1.54) is 11.1 Å². The second-order valence-electron chi connectivity index (χ2n) is 4.45. The Morgan fingerprint density at radius 3 is 2.72 bits per heavy atom. The second-order valence-corrected chi connectivity index (χ2v) is 5.66. The molecule has 18 heavy (non-hydrogen) atoms. The van der Waals surface area contributed by atoms with Crippen molar-refractivity contribution in [1.29, 1.82) is 0 Å². The van der Waals surface area contributed by atoms with Gasteiger partial charge in [0.25, 0.3) is 0 Å². The van der Waals surface area contributed by atoms with Gasteiger partial charge < -0.3 is 5.73 Å². The fourth-order valence-corrected chi connectivity index (χ4v) is 3.42. The summed E-state index contributed by atoms with van der Waals surface area (Å²) in [5.74, 6) is 0. The lowest BCUT2D eigenvalue weighted by Crippen LogP contribution is -2.29. The van der Waals surface area contributed by atoms with Gasteiger partial charge in [-0.1, -0.05) is 36.0 Å². The Hall–Kier alpha value is -1.39. The van der Waals surface area contributed by atoms with Crippen LogP contribution in [0.1, 0.15) is 23.6 Å². The molecular weight excluding hydrogens is 242 g/mol. The molecule has 2 atom stereocenters. The fourth-order valence-electron chi connectivity index (χ4n) is 2.38. The molecule has 92 valence electrons. The minimum absolute atomic E-state index is 0.0729. The summed E-state index contributed by atoms with van der Waals surface area (Å²) in [4.78, 5) is 8.52. The summed E-state index contributed by atoms with van der Waals surface area (Å²) in [6.45, 7) is 0. The normalized spacial score (nSPS) is 22.5. The summed E-state index contributed by atoms with van der Waals surface area (Å²) >= 11 is 1.69. The van der Waals surface area contributed by atoms with E-state index in [-0.39, 0.29) is 6.04 Å². The highest BCUT2D eigenvalue weighted by molar-refractivity contribution is 7.99. The van der Waals surface area contributed by atoms with Crippen molar-refractivity contribution in [2.45, 2.75) is 29.3 Å². The van der Waals surface area contributed by atoms with Crippen LogP contribution in [0.3, 0.4) is 0 Å². The van der Waals surface area contributed by atoms with Crippen molar-refractivity contribution in [3.8, 4) is 0 Å². The summed E-state index contributed by atoms with van der Waals surface area (Å²) in [7, 11) is 0. The summed E-state index contributed by atoms with van der Waals surface area (Å²) in [5.41, 5.74) is 9.02. The van der Waals surface area contributed by atoms with E-state index in [1.807, 2.05) is 6.07 Å². The molecule has 3 rings (SSSR count). The molecule has 0 saturated heterocycles. The number of thioether (sulfide) groups is 1. The molecule has 0 aliphatic heterocycles. The van der Waals surface area contributed by atoms with Gasteiger partial charge in [-0.3, -0.25) is 0 Å². The molecule has 0 fully saturated rings. The third-order valence-electron chi connectivity index (χ3n) is 3.31. The molecule has 0 saturated carbocycles. The van der Waals surface area contributed by atoms with Crippen LogP contribution in [0.15, 0.2) is 47.9 Å². The Bertz CT molecular complexity index is 530. The maximum Gasteiger partial charge on any atom is 0.187 e. The zero-order valence-corrected chi connectivity index (χ0v) is 10.8. The van der Waals surface area contributed by atoms with Crippen molar-refractivity contribution >= 4 is 11.8 Å². The summed E-state index contributed by atoms with van der Waals surface area (Å²) in [6, 6.07) is 10.4. The number of rotatable bonds is 2. The second kappa shape index (κ2) is 5.08. The Labute approximate surface area is 111 Å². The minimum atomic E-state index is 0.0729. The van der Waals surface area contributed by atoms with Gasteiger partial charge >= 0.3 is 0 Å². The van der Waals surface area contributed by atoms with Gasteiger partial charge in [0, 0.05) is 23.7 Å². The molecule has 0 amide bonds. The number of hydrogen-bond donors (Lipinski definition) is 1. The molecule has 1 aromatic carbocycles. The fraction of sp³-hybridized carbons (Fsp3) is 0.286. The van der Waals surface area contributed by atoms with E-state index in [0.717, 1.165) is 18.0 Å². The number of nitrogens with two attached hydrogens (primary N) is 1. The van der Waals surface area contributed by atoms with Gasteiger partial charge in [-0.15, -0.1) is 0 Å². The molecule has 1 aliphatic rings. The van der Waals surface area contributed by atoms with E-state index in [2.05, 4.69) is 34.2 Å². The molecular formula is C14H15N3S. The molecule has 1 aromatic heterocycles. The van der Waals surface area contributed by atoms with Crippen molar-refractivity contribution < 1.29 is 0 Å². The quantitative estimate of drug-likeness (QED) is 0.840. The lowest BCUT2D eigenvalue weighted by Gasteiger charge is -2.29. The van der Waals surface area contributed by atoms with Crippen LogP contribution >= 0.6 is 11.8 Å². The van der Waals surface area contributed by atoms with Gasteiger partial charge in [0.15, 0.2) is 5.16 Å². The summed E-state index contributed by atoms with van der Waals surface area (Å²) < 4.78 is 0. The van der Waals surface area contributed by atoms with Crippen molar-refractivity contribution in [3.63, 3.8) is 0 Å². The highest BCUT2D eigenvalue weighted by Gasteiger charge is 2.27. The topological polar surface area (TPSA) is 51.8 Å². The van der Waals surface area contributed by atoms with E-state index in [9.17, 15) is 0 Å². The number of fused-ring (bicyclic) bond motifs is 1. The summed E-state index contributed by atoms with van der Waals surface area (Å²) in [6.07, 6.45) is 5.73. The molecule has 0 spiro atoms. The van der Waals surface area contributed by atoms with E-state index in [4.69, 9.17) is 5.73 Å². The Morgan fingerprint density at radius 1 is 1.11 bits per heavy atom. The number of hydrogen-bond acceptors (Lipinski definition) is 4. The van der Waals surface area contributed by atoms with E-state index < -0.39 is 0 Å². The highest BCUT2D eigenvalue weighted by atomic mass is 32.2. The van der Waals surface area contributed by atoms with Crippen molar-refractivity contribution in [1.82, 2.24) is 9.97 Å². The van der Waals surface area contributed by atoms with Crippen LogP contribution in [0.4, 0.5) is 0 Å². The van der Waals surface area contributed by atoms with Gasteiger partial charge in [-0.25, -0.2) is 9.97 Å². The molecule has 1 heterocycles. The van der Waals surface area contributed by atoms with E-state index in [1.54, 1.807) is 24.2 Å². The number of benzene rings is 1. The predicted octanol–water partition coefficient (Wildman–Crippen LogP) is 2.58. The van der Waals surface area contributed by atoms with Crippen LogP contribution < -0.4 is 5.73 Å². The first-order valence-electron chi connectivity index (χ1n) is 6.11. The van der Waals surface area contributed by atoms with E-state index in [0.29, 0.717) is 5.25 Å². The Kier molecular flexibility index (Phi) is 3.30. The van der Waals surface area contributed by atoms with Crippen molar-refractivity contribution in [2.24, 2.45) is 5.73 Å². The smallest absolute Gasteiger partial charge is 0.187 e. The first kappa shape index (κ1) is 11.7. The van der Waals surface area contributed by atoms with Crippen LogP contribution in [0.2, 0.25) is 0 Å². The molecule has 0 bridgehead atoms. The molecule has 4 heteroatoms. The van der Waals surface area contributed by atoms with Crippen LogP contribution in [-0.2, 0) is 6.42 Å². The van der Waals surface area contributed by atoms with Gasteiger partial charge in [0.1, 0.15) is 0 Å². The first-order chi connectivity index (χ1) is 8.84. The Balaban J connectivity index is 1.81. The van der Waals surface area contributed by atoms with Crippen LogP contribution in [0, 0.1) is 0 Å². The SMILES string of the molecule is NC1c2ccccc2CCC1Sc1ncccn1. The molecule has 2 aromatic rings. The Morgan fingerprint density at radius 2 is 1.89 bits per heavy atom. The number of nitrogens with zero attached hydrogens (tertiary/aromatic N) is 2. The molecule has 3 nitrogen and oxygen atoms in total. The molecule has 0 radical (unpaired) electrons. The lowest BCUT2D eigenvalue weighted by atomic mass is 9.88. The van der Waals surface area contributed by atoms with Gasteiger partial charge in [0.2, 0.25) is 0 Å². The maximum absolute atomic E-state index is 6.36. The minimum Gasteiger partial charge on any atom is -0.323 e. The molecule has 2 unspecified atom stereocenters. The largest absolute Gasteiger partial charge is 0.323 e.